The Kier molecular flexibility index (Phi) is 10.4. The Hall–Kier alpha value is -4.36. The normalized spacial score (nSPS) is 10.9. The molecule has 6 nitrogen and oxygen atoms in total. The Balaban J connectivity index is 1.24. The summed E-state index contributed by atoms with van der Waals surface area (Å²) in [6.07, 6.45) is 2.75. The average Bonchev–Trinajstić information content (AvgIpc) is 3.44. The van der Waals surface area contributed by atoms with E-state index in [9.17, 15) is 4.79 Å². The monoisotopic (exact) mass is 576 g/mol. The van der Waals surface area contributed by atoms with E-state index in [0.717, 1.165) is 46.6 Å². The first kappa shape index (κ1) is 29.1. The van der Waals surface area contributed by atoms with Gasteiger partial charge in [0, 0.05) is 37.4 Å². The van der Waals surface area contributed by atoms with Crippen LogP contribution in [-0.2, 0) is 24.2 Å². The fourth-order valence-corrected chi connectivity index (χ4v) is 5.74. The molecular weight excluding hydrogens is 540 g/mol. The largest absolute Gasteiger partial charge is 0.497 e. The minimum atomic E-state index is 0.178. The van der Waals surface area contributed by atoms with Crippen LogP contribution in [0.4, 0.5) is 0 Å². The molecule has 0 aliphatic rings. The van der Waals surface area contributed by atoms with Crippen LogP contribution in [0.5, 0.6) is 5.75 Å². The van der Waals surface area contributed by atoms with E-state index in [-0.39, 0.29) is 5.91 Å². The maximum atomic E-state index is 13.4. The van der Waals surface area contributed by atoms with Crippen molar-refractivity contribution in [3.63, 3.8) is 0 Å². The lowest BCUT2D eigenvalue weighted by Crippen LogP contribution is -2.32. The van der Waals surface area contributed by atoms with E-state index in [1.165, 1.54) is 11.1 Å². The van der Waals surface area contributed by atoms with Crippen molar-refractivity contribution >= 4 is 17.7 Å². The lowest BCUT2D eigenvalue weighted by Gasteiger charge is -2.23. The van der Waals surface area contributed by atoms with Crippen LogP contribution in [0, 0.1) is 0 Å². The Bertz CT molecular complexity index is 1520. The van der Waals surface area contributed by atoms with Crippen LogP contribution in [0.2, 0.25) is 0 Å². The standard InChI is InChI=1S/C35H36N4O2S/c1-41-32-21-19-31(20-22-32)39-33(26-29-14-7-3-8-15-29)36-37-35(39)42-25-11-18-34(40)38(27-30-16-9-4-10-17-30)24-23-28-12-5-2-6-13-28/h2-10,12-17,19-22H,11,18,23-27H2,1H3. The Morgan fingerprint density at radius 1 is 0.786 bits per heavy atom. The maximum Gasteiger partial charge on any atom is 0.222 e. The van der Waals surface area contributed by atoms with Gasteiger partial charge in [0.15, 0.2) is 5.16 Å². The number of amides is 1. The van der Waals surface area contributed by atoms with Gasteiger partial charge in [0.25, 0.3) is 0 Å². The summed E-state index contributed by atoms with van der Waals surface area (Å²) < 4.78 is 7.47. The molecule has 0 saturated heterocycles. The number of methoxy groups -OCH3 is 1. The molecule has 0 N–H and O–H groups in total. The molecule has 0 spiro atoms. The van der Waals surface area contributed by atoms with Crippen molar-refractivity contribution in [1.29, 1.82) is 0 Å². The second kappa shape index (κ2) is 15.0. The highest BCUT2D eigenvalue weighted by Crippen LogP contribution is 2.26. The number of aromatic nitrogens is 3. The molecule has 0 atom stereocenters. The lowest BCUT2D eigenvalue weighted by atomic mass is 10.1. The van der Waals surface area contributed by atoms with Gasteiger partial charge < -0.3 is 9.64 Å². The number of rotatable bonds is 14. The molecular formula is C35H36N4O2S. The quantitative estimate of drug-likeness (QED) is 0.105. The predicted octanol–water partition coefficient (Wildman–Crippen LogP) is 7.01. The minimum absolute atomic E-state index is 0.178. The fraction of sp³-hybridized carbons (Fsp3) is 0.229. The molecule has 0 aliphatic carbocycles. The summed E-state index contributed by atoms with van der Waals surface area (Å²) >= 11 is 1.64. The van der Waals surface area contributed by atoms with Gasteiger partial charge >= 0.3 is 0 Å². The van der Waals surface area contributed by atoms with Gasteiger partial charge in [-0.25, -0.2) is 0 Å². The Labute approximate surface area is 252 Å². The lowest BCUT2D eigenvalue weighted by molar-refractivity contribution is -0.131. The first-order valence-corrected chi connectivity index (χ1v) is 15.3. The van der Waals surface area contributed by atoms with E-state index in [1.807, 2.05) is 83.8 Å². The first-order chi connectivity index (χ1) is 20.7. The van der Waals surface area contributed by atoms with Crippen LogP contribution in [0.15, 0.2) is 120 Å². The number of thioether (sulfide) groups is 1. The SMILES string of the molecule is COc1ccc(-n2c(Cc3ccccc3)nnc2SCCCC(=O)N(CCc2ccccc2)Cc2ccccc2)cc1. The Morgan fingerprint density at radius 2 is 1.40 bits per heavy atom. The van der Waals surface area contributed by atoms with E-state index in [4.69, 9.17) is 4.74 Å². The van der Waals surface area contributed by atoms with E-state index in [2.05, 4.69) is 51.2 Å². The zero-order valence-electron chi connectivity index (χ0n) is 23.9. The molecule has 0 fully saturated rings. The summed E-state index contributed by atoms with van der Waals surface area (Å²) in [7, 11) is 1.67. The van der Waals surface area contributed by atoms with Crippen molar-refractivity contribution in [2.75, 3.05) is 19.4 Å². The topological polar surface area (TPSA) is 60.2 Å². The molecule has 0 saturated carbocycles. The van der Waals surface area contributed by atoms with Crippen molar-refractivity contribution < 1.29 is 9.53 Å². The molecule has 214 valence electrons. The smallest absolute Gasteiger partial charge is 0.222 e. The number of carbonyl (C=O) groups is 1. The molecule has 1 heterocycles. The number of hydrogen-bond donors (Lipinski definition) is 0. The van der Waals surface area contributed by atoms with Crippen molar-refractivity contribution in [2.45, 2.75) is 37.4 Å². The summed E-state index contributed by atoms with van der Waals surface area (Å²) in [5.41, 5.74) is 4.55. The second-order valence-electron chi connectivity index (χ2n) is 10.1. The molecule has 5 aromatic rings. The molecule has 0 unspecified atom stereocenters. The van der Waals surface area contributed by atoms with E-state index in [0.29, 0.717) is 25.9 Å². The van der Waals surface area contributed by atoms with Crippen LogP contribution in [-0.4, -0.2) is 45.0 Å². The summed E-state index contributed by atoms with van der Waals surface area (Å²) in [6, 6.07) is 38.8. The van der Waals surface area contributed by atoms with Crippen LogP contribution in [0.1, 0.15) is 35.4 Å². The highest BCUT2D eigenvalue weighted by Gasteiger charge is 2.17. The molecule has 1 amide bonds. The number of hydrogen-bond acceptors (Lipinski definition) is 5. The number of benzene rings is 4. The number of nitrogens with zero attached hydrogens (tertiary/aromatic N) is 4. The molecule has 5 rings (SSSR count). The molecule has 0 bridgehead atoms. The summed E-state index contributed by atoms with van der Waals surface area (Å²) in [5.74, 6) is 2.62. The van der Waals surface area contributed by atoms with Gasteiger partial charge in [-0.1, -0.05) is 103 Å². The zero-order valence-corrected chi connectivity index (χ0v) is 24.7. The highest BCUT2D eigenvalue weighted by molar-refractivity contribution is 7.99. The molecule has 1 aromatic heterocycles. The van der Waals surface area contributed by atoms with Crippen molar-refractivity contribution in [3.05, 3.63) is 138 Å². The van der Waals surface area contributed by atoms with Crippen molar-refractivity contribution in [2.24, 2.45) is 0 Å². The van der Waals surface area contributed by atoms with Crippen LogP contribution >= 0.6 is 11.8 Å². The van der Waals surface area contributed by atoms with Crippen molar-refractivity contribution in [1.82, 2.24) is 19.7 Å². The molecule has 42 heavy (non-hydrogen) atoms. The minimum Gasteiger partial charge on any atom is -0.497 e. The number of ether oxygens (including phenoxy) is 1. The van der Waals surface area contributed by atoms with E-state index in [1.54, 1.807) is 18.9 Å². The molecule has 4 aromatic carbocycles. The van der Waals surface area contributed by atoms with Gasteiger partial charge in [-0.2, -0.15) is 0 Å². The van der Waals surface area contributed by atoms with Crippen molar-refractivity contribution in [3.8, 4) is 11.4 Å². The van der Waals surface area contributed by atoms with Gasteiger partial charge in [-0.05, 0) is 53.8 Å². The average molecular weight is 577 g/mol. The van der Waals surface area contributed by atoms with E-state index >= 15 is 0 Å². The maximum absolute atomic E-state index is 13.4. The number of carbonyl (C=O) groups excluding carboxylic acids is 1. The van der Waals surface area contributed by atoms with Crippen LogP contribution < -0.4 is 4.74 Å². The van der Waals surface area contributed by atoms with Crippen LogP contribution in [0.25, 0.3) is 5.69 Å². The van der Waals surface area contributed by atoms with Gasteiger partial charge in [0.1, 0.15) is 11.6 Å². The zero-order chi connectivity index (χ0) is 29.0. The van der Waals surface area contributed by atoms with Gasteiger partial charge in [-0.15, -0.1) is 10.2 Å². The van der Waals surface area contributed by atoms with Crippen LogP contribution in [0.3, 0.4) is 0 Å². The van der Waals surface area contributed by atoms with Gasteiger partial charge in [-0.3, -0.25) is 9.36 Å². The predicted molar refractivity (Wildman–Crippen MR) is 169 cm³/mol. The first-order valence-electron chi connectivity index (χ1n) is 14.3. The van der Waals surface area contributed by atoms with Gasteiger partial charge in [0.05, 0.1) is 7.11 Å². The second-order valence-corrected chi connectivity index (χ2v) is 11.1. The third kappa shape index (κ3) is 8.10. The highest BCUT2D eigenvalue weighted by atomic mass is 32.2. The summed E-state index contributed by atoms with van der Waals surface area (Å²) in [4.78, 5) is 15.4. The third-order valence-corrected chi connectivity index (χ3v) is 8.10. The molecule has 0 radical (unpaired) electrons. The summed E-state index contributed by atoms with van der Waals surface area (Å²) in [5, 5.41) is 9.93. The third-order valence-electron chi connectivity index (χ3n) is 7.08. The van der Waals surface area contributed by atoms with Gasteiger partial charge in [0.2, 0.25) is 5.91 Å². The Morgan fingerprint density at radius 3 is 2.05 bits per heavy atom. The fourth-order valence-electron chi connectivity index (χ4n) is 4.83. The molecule has 0 aliphatic heterocycles. The molecule has 7 heteroatoms. The summed E-state index contributed by atoms with van der Waals surface area (Å²) in [6.45, 7) is 1.31. The van der Waals surface area contributed by atoms with E-state index < -0.39 is 0 Å².